The minimum Gasteiger partial charge on any atom is -0.493 e. The van der Waals surface area contributed by atoms with Crippen molar-refractivity contribution in [3.63, 3.8) is 0 Å². The zero-order valence-electron chi connectivity index (χ0n) is 29.8. The Morgan fingerprint density at radius 1 is 0.902 bits per heavy atom. The van der Waals surface area contributed by atoms with Crippen molar-refractivity contribution in [1.29, 1.82) is 0 Å². The first-order valence-electron chi connectivity index (χ1n) is 17.5. The van der Waals surface area contributed by atoms with E-state index >= 15 is 0 Å². The predicted molar refractivity (Wildman–Crippen MR) is 201 cm³/mol. The topological polar surface area (TPSA) is 115 Å². The van der Waals surface area contributed by atoms with Crippen molar-refractivity contribution in [3.05, 3.63) is 101 Å². The summed E-state index contributed by atoms with van der Waals surface area (Å²) in [6.45, 7) is 9.57. The molecule has 0 atom stereocenters. The second-order valence-electron chi connectivity index (χ2n) is 14.6. The lowest BCUT2D eigenvalue weighted by molar-refractivity contribution is 0.0786. The maximum atomic E-state index is 13.8. The van der Waals surface area contributed by atoms with Gasteiger partial charge in [-0.1, -0.05) is 23.8 Å². The van der Waals surface area contributed by atoms with Gasteiger partial charge in [0.05, 0.1) is 17.6 Å². The van der Waals surface area contributed by atoms with E-state index in [2.05, 4.69) is 10.2 Å². The zero-order chi connectivity index (χ0) is 36.1. The molecule has 2 saturated heterocycles. The minimum absolute atomic E-state index is 0.0186. The molecule has 2 aromatic heterocycles. The average Bonchev–Trinajstić information content (AvgIpc) is 3.55. The third-order valence-electron chi connectivity index (χ3n) is 10.4. The number of pyridine rings is 1. The number of rotatable bonds is 10. The van der Waals surface area contributed by atoms with E-state index < -0.39 is 21.2 Å². The Bertz CT molecular complexity index is 2240. The van der Waals surface area contributed by atoms with Gasteiger partial charge in [-0.3, -0.25) is 4.79 Å². The second-order valence-corrected chi connectivity index (χ2v) is 16.4. The zero-order valence-corrected chi connectivity index (χ0v) is 30.7. The molecule has 2 fully saturated rings. The molecular formula is C40H46N4O6S. The van der Waals surface area contributed by atoms with E-state index in [-0.39, 0.29) is 10.4 Å². The smallest absolute Gasteiger partial charge is 0.275 e. The summed E-state index contributed by atoms with van der Waals surface area (Å²) in [6, 6.07) is 19.5. The maximum absolute atomic E-state index is 13.8. The summed E-state index contributed by atoms with van der Waals surface area (Å²) in [6.07, 6.45) is 6.89. The van der Waals surface area contributed by atoms with Gasteiger partial charge in [0.15, 0.2) is 11.5 Å². The molecule has 0 saturated carbocycles. The van der Waals surface area contributed by atoms with Gasteiger partial charge in [0.2, 0.25) is 0 Å². The molecule has 10 nitrogen and oxygen atoms in total. The first kappa shape index (κ1) is 34.9. The Kier molecular flexibility index (Phi) is 9.24. The number of nitrogens with zero attached hydrogens (tertiary/aromatic N) is 3. The number of aromatic nitrogens is 2. The number of piperidine rings is 1. The van der Waals surface area contributed by atoms with Gasteiger partial charge < -0.3 is 29.4 Å². The van der Waals surface area contributed by atoms with Crippen LogP contribution in [0.15, 0.2) is 88.8 Å². The largest absolute Gasteiger partial charge is 0.493 e. The van der Waals surface area contributed by atoms with E-state index in [1.165, 1.54) is 42.2 Å². The molecule has 2 N–H and O–H groups in total. The third-order valence-corrected chi connectivity index (χ3v) is 12.0. The summed E-state index contributed by atoms with van der Waals surface area (Å²) in [5, 5.41) is 14.9. The molecule has 51 heavy (non-hydrogen) atoms. The molecule has 7 rings (SSSR count). The molecule has 0 aliphatic carbocycles. The summed E-state index contributed by atoms with van der Waals surface area (Å²) in [5.41, 5.74) is 2.15. The van der Waals surface area contributed by atoms with Crippen LogP contribution in [0.2, 0.25) is 0 Å². The van der Waals surface area contributed by atoms with Gasteiger partial charge in [0.1, 0.15) is 11.3 Å². The highest BCUT2D eigenvalue weighted by atomic mass is 32.2. The highest BCUT2D eigenvalue weighted by Crippen LogP contribution is 2.43. The Balaban J connectivity index is 1.25. The molecule has 3 aromatic carbocycles. The number of nitrogens with one attached hydrogen (secondary N) is 1. The monoisotopic (exact) mass is 710 g/mol. The van der Waals surface area contributed by atoms with Crippen molar-refractivity contribution in [2.24, 2.45) is 18.9 Å². The van der Waals surface area contributed by atoms with Crippen LogP contribution < -0.4 is 25.2 Å². The first-order chi connectivity index (χ1) is 24.3. The van der Waals surface area contributed by atoms with E-state index in [9.17, 15) is 18.3 Å². The summed E-state index contributed by atoms with van der Waals surface area (Å²) in [5.74, 6) is 3.05. The van der Waals surface area contributed by atoms with Crippen LogP contribution in [0.1, 0.15) is 44.2 Å². The van der Waals surface area contributed by atoms with Gasteiger partial charge in [-0.05, 0) is 113 Å². The Labute approximate surface area is 299 Å². The summed E-state index contributed by atoms with van der Waals surface area (Å²) in [4.78, 5) is 16.1. The maximum Gasteiger partial charge on any atom is 0.275 e. The van der Waals surface area contributed by atoms with E-state index in [1.54, 1.807) is 64.5 Å². The molecule has 5 aromatic rings. The standard InChI is InChI=1S/C40H46N4O6S/c1-26-6-10-31(11-7-26)51(47,48)44-19-16-32-34(25-42(4)39(45)38(32)44)33-21-29(40(2,3)46)8-12-35(33)50-36-13-9-30(22-37(36)49-5)43-23-28(24-43)20-27-14-17-41-18-15-27/h6-13,16,19,21-22,25,27-28,41,46H,14-15,17-18,20,23-24H2,1-5H3. The summed E-state index contributed by atoms with van der Waals surface area (Å²) < 4.78 is 42.5. The summed E-state index contributed by atoms with van der Waals surface area (Å²) in [7, 11) is -0.875. The number of aryl methyl sites for hydroxylation is 2. The number of hydrogen-bond donors (Lipinski definition) is 2. The van der Waals surface area contributed by atoms with Crippen LogP contribution in [-0.4, -0.2) is 55.4 Å². The quantitative estimate of drug-likeness (QED) is 0.171. The molecule has 0 unspecified atom stereocenters. The van der Waals surface area contributed by atoms with Crippen LogP contribution in [0, 0.1) is 18.8 Å². The van der Waals surface area contributed by atoms with Gasteiger partial charge in [0.25, 0.3) is 15.6 Å². The number of aliphatic hydroxyl groups is 1. The van der Waals surface area contributed by atoms with E-state index in [0.717, 1.165) is 47.3 Å². The predicted octanol–water partition coefficient (Wildman–Crippen LogP) is 6.41. The Morgan fingerprint density at radius 2 is 1.61 bits per heavy atom. The van der Waals surface area contributed by atoms with Gasteiger partial charge in [-0.15, -0.1) is 0 Å². The molecule has 0 spiro atoms. The Hall–Kier alpha value is -4.58. The highest BCUT2D eigenvalue weighted by Gasteiger charge is 2.31. The molecule has 0 amide bonds. The lowest BCUT2D eigenvalue weighted by Gasteiger charge is -2.43. The molecule has 0 bridgehead atoms. The fourth-order valence-corrected chi connectivity index (χ4v) is 8.70. The first-order valence-corrected chi connectivity index (χ1v) is 19.0. The second kappa shape index (κ2) is 13.5. The van der Waals surface area contributed by atoms with Crippen molar-refractivity contribution in [2.45, 2.75) is 50.5 Å². The van der Waals surface area contributed by atoms with Gasteiger partial charge in [-0.25, -0.2) is 12.4 Å². The lowest BCUT2D eigenvalue weighted by atomic mass is 9.84. The van der Waals surface area contributed by atoms with Crippen LogP contribution in [0.5, 0.6) is 17.2 Å². The van der Waals surface area contributed by atoms with Crippen LogP contribution in [0.25, 0.3) is 22.0 Å². The highest BCUT2D eigenvalue weighted by molar-refractivity contribution is 7.90. The van der Waals surface area contributed by atoms with Crippen LogP contribution in [0.4, 0.5) is 5.69 Å². The van der Waals surface area contributed by atoms with Crippen molar-refractivity contribution in [1.82, 2.24) is 13.9 Å². The van der Waals surface area contributed by atoms with Crippen LogP contribution in [0.3, 0.4) is 0 Å². The molecule has 4 heterocycles. The molecule has 268 valence electrons. The number of fused-ring (bicyclic) bond motifs is 1. The number of ether oxygens (including phenoxy) is 2. The van der Waals surface area contributed by atoms with Gasteiger partial charge >= 0.3 is 0 Å². The molecule has 11 heteroatoms. The van der Waals surface area contributed by atoms with Gasteiger partial charge in [0, 0.05) is 60.8 Å². The number of anilines is 1. The minimum atomic E-state index is -4.09. The molecule has 2 aliphatic rings. The normalized spacial score (nSPS) is 16.0. The van der Waals surface area contributed by atoms with Gasteiger partial charge in [-0.2, -0.15) is 0 Å². The number of benzene rings is 3. The van der Waals surface area contributed by atoms with Crippen molar-refractivity contribution in [2.75, 3.05) is 38.2 Å². The average molecular weight is 711 g/mol. The number of hydrogen-bond acceptors (Lipinski definition) is 8. The fraction of sp³-hybridized carbons (Fsp3) is 0.375. The van der Waals surface area contributed by atoms with E-state index in [1.807, 2.05) is 31.2 Å². The van der Waals surface area contributed by atoms with Crippen LogP contribution in [-0.2, 0) is 22.7 Å². The third kappa shape index (κ3) is 6.78. The van der Waals surface area contributed by atoms with Crippen LogP contribution >= 0.6 is 0 Å². The molecule has 0 radical (unpaired) electrons. The van der Waals surface area contributed by atoms with Crippen molar-refractivity contribution < 1.29 is 23.0 Å². The summed E-state index contributed by atoms with van der Waals surface area (Å²) >= 11 is 0. The van der Waals surface area contributed by atoms with E-state index in [0.29, 0.717) is 45.2 Å². The van der Waals surface area contributed by atoms with Crippen molar-refractivity contribution >= 4 is 26.6 Å². The van der Waals surface area contributed by atoms with E-state index in [4.69, 9.17) is 9.47 Å². The number of methoxy groups -OCH3 is 1. The van der Waals surface area contributed by atoms with Crippen molar-refractivity contribution in [3.8, 4) is 28.4 Å². The molecular weight excluding hydrogens is 665 g/mol. The molecule has 2 aliphatic heterocycles. The fourth-order valence-electron chi connectivity index (χ4n) is 7.35. The lowest BCUT2D eigenvalue weighted by Crippen LogP contribution is -2.48. The SMILES string of the molecule is COc1cc(N2CC(CC3CCNCC3)C2)ccc1Oc1ccc(C(C)(C)O)cc1-c1cn(C)c(=O)c2c1ccn2S(=O)(=O)c1ccc(C)cc1. The Morgan fingerprint density at radius 3 is 2.29 bits per heavy atom.